The minimum Gasteiger partial charge on any atom is -0.155 e. The molecule has 3 heteroatoms. The number of allylic oxidation sites excluding steroid dienone is 2. The normalized spacial score (nSPS) is 34.7. The molecule has 0 amide bonds. The van der Waals surface area contributed by atoms with Crippen LogP contribution in [0.25, 0.3) is 0 Å². The maximum absolute atomic E-state index is 7.54. The third-order valence-corrected chi connectivity index (χ3v) is 9.02. The van der Waals surface area contributed by atoms with Gasteiger partial charge in [0.05, 0.1) is 4.08 Å². The van der Waals surface area contributed by atoms with E-state index in [1.165, 1.54) is 19.3 Å². The maximum Gasteiger partial charge on any atom is 0.0828 e. The van der Waals surface area contributed by atoms with Gasteiger partial charge in [0, 0.05) is 5.75 Å². The molecule has 0 aromatic heterocycles. The molecule has 1 radical (unpaired) electrons. The van der Waals surface area contributed by atoms with Crippen LogP contribution in [0.3, 0.4) is 0 Å². The van der Waals surface area contributed by atoms with Gasteiger partial charge in [-0.15, -0.1) is 23.5 Å². The van der Waals surface area contributed by atoms with Crippen molar-refractivity contribution >= 4 is 33.6 Å². The van der Waals surface area contributed by atoms with Crippen molar-refractivity contribution in [3.63, 3.8) is 0 Å². The minimum absolute atomic E-state index is 0.267. The van der Waals surface area contributed by atoms with E-state index in [0.29, 0.717) is 0 Å². The summed E-state index contributed by atoms with van der Waals surface area (Å²) in [6.45, 7) is 0. The van der Waals surface area contributed by atoms with Crippen LogP contribution in [-0.2, 0) is 0 Å². The lowest BCUT2D eigenvalue weighted by molar-refractivity contribution is 0.668. The van der Waals surface area contributed by atoms with Crippen LogP contribution in [0.4, 0.5) is 0 Å². The highest BCUT2D eigenvalue weighted by Crippen LogP contribution is 2.58. The standard InChI is InChI=1S/C14H19S3/c1-5-17(4)10-8-12-7-6-9-14(15-2,16-3)13(12)11-17/h8,10H,6-7,9,11H2,2-4H3. The van der Waals surface area contributed by atoms with Gasteiger partial charge in [-0.2, -0.15) is 10.0 Å². The zero-order chi connectivity index (χ0) is 12.5. The van der Waals surface area contributed by atoms with Crippen LogP contribution in [0, 0.1) is 11.7 Å². The van der Waals surface area contributed by atoms with Crippen LogP contribution in [0.2, 0.25) is 0 Å². The van der Waals surface area contributed by atoms with Crippen LogP contribution >= 0.6 is 33.6 Å². The number of thioether (sulfide) groups is 2. The lowest BCUT2D eigenvalue weighted by Crippen LogP contribution is -2.31. The summed E-state index contributed by atoms with van der Waals surface area (Å²) < 4.78 is 0.267. The molecular formula is C14H19S3. The van der Waals surface area contributed by atoms with Crippen LogP contribution in [0.15, 0.2) is 22.6 Å². The quantitative estimate of drug-likeness (QED) is 0.544. The summed E-state index contributed by atoms with van der Waals surface area (Å²) in [6.07, 6.45) is 20.3. The first-order valence-corrected chi connectivity index (χ1v) is 10.5. The summed E-state index contributed by atoms with van der Waals surface area (Å²) in [5.74, 6) is 1.06. The smallest absolute Gasteiger partial charge is 0.0828 e. The van der Waals surface area contributed by atoms with Crippen molar-refractivity contribution in [1.82, 2.24) is 0 Å². The Labute approximate surface area is 115 Å². The molecule has 93 valence electrons. The van der Waals surface area contributed by atoms with Gasteiger partial charge in [-0.05, 0) is 66.3 Å². The minimum atomic E-state index is -1.09. The first-order valence-electron chi connectivity index (χ1n) is 5.79. The fraction of sp³-hybridized carbons (Fsp3) is 0.571. The lowest BCUT2D eigenvalue weighted by atomic mass is 9.91. The van der Waals surface area contributed by atoms with Crippen molar-refractivity contribution in [2.24, 2.45) is 0 Å². The molecule has 0 N–H and O–H groups in total. The summed E-state index contributed by atoms with van der Waals surface area (Å²) in [5.41, 5.74) is 3.14. The molecule has 17 heavy (non-hydrogen) atoms. The molecule has 0 saturated carbocycles. The highest BCUT2D eigenvalue weighted by Gasteiger charge is 2.39. The van der Waals surface area contributed by atoms with Crippen molar-refractivity contribution < 1.29 is 0 Å². The molecule has 1 heterocycles. The number of rotatable bonds is 2. The van der Waals surface area contributed by atoms with E-state index in [2.05, 4.69) is 35.5 Å². The Hall–Kier alpha value is 0.0900. The van der Waals surface area contributed by atoms with Gasteiger partial charge in [0.1, 0.15) is 0 Å². The molecule has 2 aliphatic rings. The first kappa shape index (κ1) is 13.5. The van der Waals surface area contributed by atoms with Gasteiger partial charge >= 0.3 is 0 Å². The van der Waals surface area contributed by atoms with Gasteiger partial charge in [0.15, 0.2) is 0 Å². The van der Waals surface area contributed by atoms with E-state index in [-0.39, 0.29) is 4.08 Å². The molecule has 0 aromatic carbocycles. The largest absolute Gasteiger partial charge is 0.155 e. The number of hydrogen-bond acceptors (Lipinski definition) is 2. The van der Waals surface area contributed by atoms with Gasteiger partial charge in [-0.25, -0.2) is 0 Å². The monoisotopic (exact) mass is 283 g/mol. The predicted molar refractivity (Wildman–Crippen MR) is 85.3 cm³/mol. The third-order valence-electron chi connectivity index (χ3n) is 3.71. The molecule has 2 rings (SSSR count). The second-order valence-corrected chi connectivity index (χ2v) is 10.3. The third kappa shape index (κ3) is 2.32. The maximum atomic E-state index is 7.54. The molecule has 0 fully saturated rings. The summed E-state index contributed by atoms with van der Waals surface area (Å²) in [6, 6.07) is 0. The summed E-state index contributed by atoms with van der Waals surface area (Å²) >= 11 is 3.97. The zero-order valence-corrected chi connectivity index (χ0v) is 13.2. The van der Waals surface area contributed by atoms with E-state index in [1.807, 2.05) is 23.5 Å². The highest BCUT2D eigenvalue weighted by atomic mass is 32.3. The van der Waals surface area contributed by atoms with E-state index in [4.69, 9.17) is 6.42 Å². The van der Waals surface area contributed by atoms with E-state index in [0.717, 1.165) is 5.75 Å². The van der Waals surface area contributed by atoms with E-state index in [9.17, 15) is 0 Å². The number of hydrogen-bond donors (Lipinski definition) is 0. The fourth-order valence-corrected chi connectivity index (χ4v) is 6.81. The molecule has 0 bridgehead atoms. The van der Waals surface area contributed by atoms with Gasteiger partial charge in [0.2, 0.25) is 0 Å². The molecule has 1 unspecified atom stereocenters. The van der Waals surface area contributed by atoms with Gasteiger partial charge in [-0.3, -0.25) is 0 Å². The van der Waals surface area contributed by atoms with Crippen molar-refractivity contribution in [2.75, 3.05) is 24.5 Å². The van der Waals surface area contributed by atoms with Crippen molar-refractivity contribution in [3.05, 3.63) is 29.1 Å². The van der Waals surface area contributed by atoms with E-state index in [1.54, 1.807) is 11.1 Å². The SMILES string of the molecule is [C]#CS1(C)C=CC2=C(C1)C(SC)(SC)CCC2. The summed E-state index contributed by atoms with van der Waals surface area (Å²) in [4.78, 5) is 0. The van der Waals surface area contributed by atoms with E-state index >= 15 is 0 Å². The first-order chi connectivity index (χ1) is 8.09. The average molecular weight is 284 g/mol. The predicted octanol–water partition coefficient (Wildman–Crippen LogP) is 4.40. The second-order valence-electron chi connectivity index (χ2n) is 4.73. The van der Waals surface area contributed by atoms with Gasteiger partial charge < -0.3 is 0 Å². The molecule has 0 aromatic rings. The molecule has 0 spiro atoms. The van der Waals surface area contributed by atoms with Crippen molar-refractivity contribution in [3.8, 4) is 5.25 Å². The Bertz CT molecular complexity index is 410. The highest BCUT2D eigenvalue weighted by molar-refractivity contribution is 8.39. The lowest BCUT2D eigenvalue weighted by Gasteiger charge is -2.44. The Morgan fingerprint density at radius 2 is 2.12 bits per heavy atom. The average Bonchev–Trinajstić information content (AvgIpc) is 2.38. The zero-order valence-electron chi connectivity index (χ0n) is 10.7. The van der Waals surface area contributed by atoms with Crippen LogP contribution in [0.5, 0.6) is 0 Å². The van der Waals surface area contributed by atoms with Gasteiger partial charge in [0.25, 0.3) is 0 Å². The van der Waals surface area contributed by atoms with Crippen molar-refractivity contribution in [1.29, 1.82) is 0 Å². The molecule has 0 saturated heterocycles. The van der Waals surface area contributed by atoms with Gasteiger partial charge in [-0.1, -0.05) is 6.08 Å². The molecule has 1 aliphatic heterocycles. The molecule has 1 atom stereocenters. The molecule has 1 aliphatic carbocycles. The summed E-state index contributed by atoms with van der Waals surface area (Å²) in [7, 11) is -1.09. The Morgan fingerprint density at radius 1 is 1.41 bits per heavy atom. The fourth-order valence-electron chi connectivity index (χ4n) is 2.63. The molecular weight excluding hydrogens is 264 g/mol. The Morgan fingerprint density at radius 3 is 2.71 bits per heavy atom. The Balaban J connectivity index is 2.43. The second kappa shape index (κ2) is 4.99. The summed E-state index contributed by atoms with van der Waals surface area (Å²) in [5, 5.41) is 5.04. The Kier molecular flexibility index (Phi) is 3.97. The van der Waals surface area contributed by atoms with E-state index < -0.39 is 10.0 Å². The van der Waals surface area contributed by atoms with Crippen LogP contribution in [0.1, 0.15) is 19.3 Å². The molecule has 0 nitrogen and oxygen atoms in total. The van der Waals surface area contributed by atoms with Crippen molar-refractivity contribution in [2.45, 2.75) is 23.3 Å². The van der Waals surface area contributed by atoms with Crippen LogP contribution < -0.4 is 0 Å². The topological polar surface area (TPSA) is 0 Å². The van der Waals surface area contributed by atoms with Crippen LogP contribution in [-0.4, -0.2) is 28.6 Å².